The Bertz CT molecular complexity index is 2830. The predicted molar refractivity (Wildman–Crippen MR) is 204 cm³/mol. The van der Waals surface area contributed by atoms with Gasteiger partial charge in [0.25, 0.3) is 0 Å². The van der Waals surface area contributed by atoms with Crippen molar-refractivity contribution in [2.24, 2.45) is 0 Å². The molecular formula is C46H29NO. The first-order valence-corrected chi connectivity index (χ1v) is 16.4. The van der Waals surface area contributed by atoms with Gasteiger partial charge in [0.15, 0.2) is 0 Å². The number of anilines is 3. The molecule has 0 aliphatic rings. The van der Waals surface area contributed by atoms with Gasteiger partial charge >= 0.3 is 0 Å². The third kappa shape index (κ3) is 4.13. The number of hydrogen-bond donors (Lipinski definition) is 0. The lowest BCUT2D eigenvalue weighted by atomic mass is 9.94. The maximum atomic E-state index is 6.42. The molecule has 9 aromatic carbocycles. The molecule has 224 valence electrons. The Morgan fingerprint density at radius 1 is 0.333 bits per heavy atom. The van der Waals surface area contributed by atoms with E-state index in [9.17, 15) is 0 Å². The minimum atomic E-state index is 0.888. The van der Waals surface area contributed by atoms with Crippen molar-refractivity contribution < 1.29 is 4.42 Å². The summed E-state index contributed by atoms with van der Waals surface area (Å²) in [6.07, 6.45) is 0. The third-order valence-electron chi connectivity index (χ3n) is 9.80. The molecule has 2 nitrogen and oxygen atoms in total. The summed E-state index contributed by atoms with van der Waals surface area (Å²) in [6.45, 7) is 0. The quantitative estimate of drug-likeness (QED) is 0.184. The zero-order chi connectivity index (χ0) is 31.6. The number of rotatable bonds is 4. The summed E-state index contributed by atoms with van der Waals surface area (Å²) < 4.78 is 6.42. The highest BCUT2D eigenvalue weighted by Crippen LogP contribution is 2.45. The van der Waals surface area contributed by atoms with E-state index < -0.39 is 0 Å². The highest BCUT2D eigenvalue weighted by molar-refractivity contribution is 6.24. The van der Waals surface area contributed by atoms with Crippen LogP contribution in [0.15, 0.2) is 180 Å². The van der Waals surface area contributed by atoms with Crippen molar-refractivity contribution in [3.8, 4) is 11.1 Å². The van der Waals surface area contributed by atoms with Gasteiger partial charge in [-0.05, 0) is 91.3 Å². The fraction of sp³-hybridized carbons (Fsp3) is 0. The van der Waals surface area contributed by atoms with E-state index in [2.05, 4.69) is 181 Å². The van der Waals surface area contributed by atoms with Gasteiger partial charge in [-0.3, -0.25) is 0 Å². The number of hydrogen-bond acceptors (Lipinski definition) is 2. The average Bonchev–Trinajstić information content (AvgIpc) is 3.54. The lowest BCUT2D eigenvalue weighted by molar-refractivity contribution is 0.669. The molecular weight excluding hydrogens is 583 g/mol. The van der Waals surface area contributed by atoms with Crippen LogP contribution in [0.2, 0.25) is 0 Å². The van der Waals surface area contributed by atoms with Gasteiger partial charge in [-0.15, -0.1) is 0 Å². The van der Waals surface area contributed by atoms with E-state index in [1.54, 1.807) is 0 Å². The van der Waals surface area contributed by atoms with E-state index in [0.717, 1.165) is 39.0 Å². The minimum absolute atomic E-state index is 0.888. The van der Waals surface area contributed by atoms with E-state index in [1.807, 2.05) is 0 Å². The van der Waals surface area contributed by atoms with Crippen molar-refractivity contribution in [2.75, 3.05) is 4.90 Å². The molecule has 48 heavy (non-hydrogen) atoms. The standard InChI is InChI=1S/C46H29NO/c1-2-10-30(11-3-1)31-20-23-35(24-21-31)47(36-25-27-43-41(29-36)46-38-15-7-5-13-33(38)22-26-44(46)48-43)42-28-34-19-18-32-12-4-6-14-37(32)45(34)40-17-9-8-16-39(40)42/h1-29H. The SMILES string of the molecule is c1ccc(-c2ccc(N(c3ccc4oc5ccc6ccccc6c5c4c3)c3cc4ccc5ccccc5c4c4ccccc34)cc2)cc1. The van der Waals surface area contributed by atoms with Gasteiger partial charge in [0, 0.05) is 27.5 Å². The largest absolute Gasteiger partial charge is 0.456 e. The summed E-state index contributed by atoms with van der Waals surface area (Å²) in [5.41, 5.74) is 7.50. The van der Waals surface area contributed by atoms with E-state index in [4.69, 9.17) is 4.42 Å². The lowest BCUT2D eigenvalue weighted by Gasteiger charge is -2.28. The number of nitrogens with zero attached hydrogens (tertiary/aromatic N) is 1. The van der Waals surface area contributed by atoms with E-state index in [1.165, 1.54) is 54.2 Å². The summed E-state index contributed by atoms with van der Waals surface area (Å²) >= 11 is 0. The molecule has 0 fully saturated rings. The van der Waals surface area contributed by atoms with E-state index in [0.29, 0.717) is 0 Å². The van der Waals surface area contributed by atoms with Crippen molar-refractivity contribution >= 4 is 82.1 Å². The van der Waals surface area contributed by atoms with Crippen LogP contribution in [0.1, 0.15) is 0 Å². The Hall–Kier alpha value is -6.38. The van der Waals surface area contributed by atoms with E-state index in [-0.39, 0.29) is 0 Å². The Morgan fingerprint density at radius 2 is 0.896 bits per heavy atom. The van der Waals surface area contributed by atoms with Crippen LogP contribution in [0.4, 0.5) is 17.1 Å². The Kier molecular flexibility index (Phi) is 5.91. The van der Waals surface area contributed by atoms with Crippen molar-refractivity contribution in [3.05, 3.63) is 176 Å². The fourth-order valence-corrected chi connectivity index (χ4v) is 7.58. The molecule has 2 heteroatoms. The summed E-state index contributed by atoms with van der Waals surface area (Å²) in [5.74, 6) is 0. The van der Waals surface area contributed by atoms with Crippen LogP contribution in [0.5, 0.6) is 0 Å². The van der Waals surface area contributed by atoms with Crippen LogP contribution < -0.4 is 4.90 Å². The zero-order valence-corrected chi connectivity index (χ0v) is 26.1. The summed E-state index contributed by atoms with van der Waals surface area (Å²) in [6, 6.07) is 63.3. The monoisotopic (exact) mass is 611 g/mol. The van der Waals surface area contributed by atoms with Crippen LogP contribution in [-0.2, 0) is 0 Å². The maximum absolute atomic E-state index is 6.42. The van der Waals surface area contributed by atoms with Crippen LogP contribution in [0.25, 0.3) is 76.2 Å². The van der Waals surface area contributed by atoms with Gasteiger partial charge in [-0.25, -0.2) is 0 Å². The number of benzene rings is 9. The van der Waals surface area contributed by atoms with Gasteiger partial charge < -0.3 is 9.32 Å². The molecule has 10 rings (SSSR count). The molecule has 0 aliphatic carbocycles. The maximum Gasteiger partial charge on any atom is 0.136 e. The molecule has 0 saturated carbocycles. The van der Waals surface area contributed by atoms with Crippen LogP contribution in [0.3, 0.4) is 0 Å². The zero-order valence-electron chi connectivity index (χ0n) is 26.1. The molecule has 0 saturated heterocycles. The molecule has 0 N–H and O–H groups in total. The van der Waals surface area contributed by atoms with Gasteiger partial charge in [-0.1, -0.05) is 133 Å². The second kappa shape index (κ2) is 10.6. The summed E-state index contributed by atoms with van der Waals surface area (Å²) in [4.78, 5) is 2.41. The van der Waals surface area contributed by atoms with Gasteiger partial charge in [-0.2, -0.15) is 0 Å². The molecule has 0 bridgehead atoms. The van der Waals surface area contributed by atoms with Crippen molar-refractivity contribution in [1.29, 1.82) is 0 Å². The molecule has 0 amide bonds. The third-order valence-corrected chi connectivity index (χ3v) is 9.80. The van der Waals surface area contributed by atoms with Crippen molar-refractivity contribution in [1.82, 2.24) is 0 Å². The lowest BCUT2D eigenvalue weighted by Crippen LogP contribution is -2.10. The molecule has 0 atom stereocenters. The first kappa shape index (κ1) is 26.8. The molecule has 0 spiro atoms. The molecule has 1 heterocycles. The van der Waals surface area contributed by atoms with Gasteiger partial charge in [0.2, 0.25) is 0 Å². The molecule has 0 radical (unpaired) electrons. The van der Waals surface area contributed by atoms with Gasteiger partial charge in [0.1, 0.15) is 11.2 Å². The van der Waals surface area contributed by atoms with Crippen molar-refractivity contribution in [3.63, 3.8) is 0 Å². The van der Waals surface area contributed by atoms with Gasteiger partial charge in [0.05, 0.1) is 5.69 Å². The Balaban J connectivity index is 1.27. The summed E-state index contributed by atoms with van der Waals surface area (Å²) in [5, 5.41) is 12.1. The van der Waals surface area contributed by atoms with Crippen LogP contribution in [0, 0.1) is 0 Å². The first-order valence-electron chi connectivity index (χ1n) is 16.4. The van der Waals surface area contributed by atoms with Crippen LogP contribution in [-0.4, -0.2) is 0 Å². The van der Waals surface area contributed by atoms with Crippen molar-refractivity contribution in [2.45, 2.75) is 0 Å². The molecule has 1 aromatic heterocycles. The normalized spacial score (nSPS) is 11.8. The Morgan fingerprint density at radius 3 is 1.67 bits per heavy atom. The average molecular weight is 612 g/mol. The molecule has 0 unspecified atom stereocenters. The second-order valence-corrected chi connectivity index (χ2v) is 12.5. The fourth-order valence-electron chi connectivity index (χ4n) is 7.58. The topological polar surface area (TPSA) is 16.4 Å². The highest BCUT2D eigenvalue weighted by Gasteiger charge is 2.20. The molecule has 10 aromatic rings. The second-order valence-electron chi connectivity index (χ2n) is 12.5. The number of fused-ring (bicyclic) bond motifs is 10. The number of furan rings is 1. The van der Waals surface area contributed by atoms with E-state index >= 15 is 0 Å². The molecule has 0 aliphatic heterocycles. The predicted octanol–water partition coefficient (Wildman–Crippen LogP) is 13.3. The first-order chi connectivity index (χ1) is 23.8. The Labute approximate surface area is 277 Å². The highest BCUT2D eigenvalue weighted by atomic mass is 16.3. The smallest absolute Gasteiger partial charge is 0.136 e. The summed E-state index contributed by atoms with van der Waals surface area (Å²) in [7, 11) is 0. The van der Waals surface area contributed by atoms with Crippen LogP contribution >= 0.6 is 0 Å². The minimum Gasteiger partial charge on any atom is -0.456 e.